The van der Waals surface area contributed by atoms with Gasteiger partial charge in [0.2, 0.25) is 10.0 Å². The first-order valence-electron chi connectivity index (χ1n) is 6.11. The highest BCUT2D eigenvalue weighted by Gasteiger charge is 2.25. The highest BCUT2D eigenvalue weighted by Crippen LogP contribution is 2.31. The molecule has 0 spiro atoms. The fourth-order valence-electron chi connectivity index (χ4n) is 1.94. The van der Waals surface area contributed by atoms with Gasteiger partial charge in [-0.15, -0.1) is 11.3 Å². The Kier molecular flexibility index (Phi) is 6.18. The summed E-state index contributed by atoms with van der Waals surface area (Å²) in [4.78, 5) is 2.83. The maximum Gasteiger partial charge on any atom is 0.242 e. The van der Waals surface area contributed by atoms with Crippen molar-refractivity contribution in [1.82, 2.24) is 9.62 Å². The van der Waals surface area contributed by atoms with Crippen LogP contribution in [0.1, 0.15) is 18.7 Å². The Hall–Kier alpha value is 0.01000. The van der Waals surface area contributed by atoms with Gasteiger partial charge in [0.15, 0.2) is 0 Å². The van der Waals surface area contributed by atoms with Crippen molar-refractivity contribution in [3.63, 3.8) is 0 Å². The monoisotopic (exact) mass is 384 g/mol. The minimum Gasteiger partial charge on any atom is -0.391 e. The highest BCUT2D eigenvalue weighted by molar-refractivity contribution is 9.11. The number of sulfonamides is 1. The molecule has 0 amide bonds. The maximum absolute atomic E-state index is 12.3. The molecule has 1 aromatic rings. The van der Waals surface area contributed by atoms with E-state index in [2.05, 4.69) is 20.7 Å². The lowest BCUT2D eigenvalue weighted by Crippen LogP contribution is -2.39. The molecule has 0 aliphatic rings. The zero-order valence-electron chi connectivity index (χ0n) is 12.1. The molecule has 1 aromatic heterocycles. The van der Waals surface area contributed by atoms with E-state index < -0.39 is 10.0 Å². The van der Waals surface area contributed by atoms with Gasteiger partial charge in [-0.25, -0.2) is 13.1 Å². The average Bonchev–Trinajstić information content (AvgIpc) is 2.67. The molecule has 8 heteroatoms. The predicted molar refractivity (Wildman–Crippen MR) is 85.5 cm³/mol. The van der Waals surface area contributed by atoms with Gasteiger partial charge in [-0.1, -0.05) is 13.8 Å². The Morgan fingerprint density at radius 2 is 2.05 bits per heavy atom. The second-order valence-electron chi connectivity index (χ2n) is 5.74. The Balaban J connectivity index is 2.82. The van der Waals surface area contributed by atoms with Crippen LogP contribution in [0.2, 0.25) is 0 Å². The third-order valence-electron chi connectivity index (χ3n) is 2.64. The van der Waals surface area contributed by atoms with Gasteiger partial charge < -0.3 is 10.0 Å². The van der Waals surface area contributed by atoms with Gasteiger partial charge in [-0.05, 0) is 41.5 Å². The van der Waals surface area contributed by atoms with Crippen LogP contribution in [0, 0.1) is 5.41 Å². The minimum absolute atomic E-state index is 0.162. The lowest BCUT2D eigenvalue weighted by Gasteiger charge is -2.28. The topological polar surface area (TPSA) is 69.6 Å². The van der Waals surface area contributed by atoms with Gasteiger partial charge in [0.05, 0.1) is 10.4 Å². The quantitative estimate of drug-likeness (QED) is 0.752. The molecule has 0 saturated heterocycles. The zero-order chi connectivity index (χ0) is 15.6. The van der Waals surface area contributed by atoms with Crippen molar-refractivity contribution < 1.29 is 13.5 Å². The molecular formula is C12H21BrN2O3S2. The first-order valence-corrected chi connectivity index (χ1v) is 9.20. The number of nitrogens with one attached hydrogen (secondary N) is 1. The molecule has 1 heterocycles. The van der Waals surface area contributed by atoms with Gasteiger partial charge in [-0.3, -0.25) is 0 Å². The van der Waals surface area contributed by atoms with Gasteiger partial charge in [0.1, 0.15) is 4.90 Å². The van der Waals surface area contributed by atoms with E-state index in [1.807, 2.05) is 32.8 Å². The smallest absolute Gasteiger partial charge is 0.242 e. The summed E-state index contributed by atoms with van der Waals surface area (Å²) in [6.45, 7) is 4.99. The lowest BCUT2D eigenvalue weighted by molar-refractivity contribution is 0.242. The maximum atomic E-state index is 12.3. The average molecular weight is 385 g/mol. The van der Waals surface area contributed by atoms with Gasteiger partial charge >= 0.3 is 0 Å². The fourth-order valence-corrected chi connectivity index (χ4v) is 5.72. The van der Waals surface area contributed by atoms with E-state index >= 15 is 0 Å². The molecule has 0 fully saturated rings. The lowest BCUT2D eigenvalue weighted by atomic mass is 9.93. The Labute approximate surface area is 133 Å². The summed E-state index contributed by atoms with van der Waals surface area (Å²) >= 11 is 4.46. The minimum atomic E-state index is -3.57. The van der Waals surface area contributed by atoms with E-state index in [1.54, 1.807) is 0 Å². The molecule has 0 atom stereocenters. The van der Waals surface area contributed by atoms with E-state index in [1.165, 1.54) is 17.4 Å². The van der Waals surface area contributed by atoms with Crippen molar-refractivity contribution >= 4 is 37.3 Å². The standard InChI is InChI=1S/C12H21BrN2O3S2/c1-12(2,8-15(3)4)7-14-20(17,18)10-5-9(6-16)19-11(10)13/h5,14,16H,6-8H2,1-4H3. The fraction of sp³-hybridized carbons (Fsp3) is 0.667. The second kappa shape index (κ2) is 6.85. The molecular weight excluding hydrogens is 364 g/mol. The summed E-state index contributed by atoms with van der Waals surface area (Å²) in [6.07, 6.45) is 0. The SMILES string of the molecule is CN(C)CC(C)(C)CNS(=O)(=O)c1cc(CO)sc1Br. The van der Waals surface area contributed by atoms with Crippen LogP contribution in [-0.4, -0.2) is 45.6 Å². The van der Waals surface area contributed by atoms with E-state index in [9.17, 15) is 8.42 Å². The van der Waals surface area contributed by atoms with Gasteiger partial charge in [0, 0.05) is 18.0 Å². The Morgan fingerprint density at radius 1 is 1.45 bits per heavy atom. The van der Waals surface area contributed by atoms with E-state index in [0.29, 0.717) is 15.2 Å². The number of thiophene rings is 1. The third-order valence-corrected chi connectivity index (χ3v) is 6.27. The highest BCUT2D eigenvalue weighted by atomic mass is 79.9. The second-order valence-corrected chi connectivity index (χ2v) is 9.93. The molecule has 5 nitrogen and oxygen atoms in total. The van der Waals surface area contributed by atoms with Gasteiger partial charge in [-0.2, -0.15) is 0 Å². The number of hydrogen-bond donors (Lipinski definition) is 2. The van der Waals surface area contributed by atoms with Crippen molar-refractivity contribution in [3.05, 3.63) is 14.7 Å². The number of hydrogen-bond acceptors (Lipinski definition) is 5. The zero-order valence-corrected chi connectivity index (χ0v) is 15.3. The van der Waals surface area contributed by atoms with Crippen LogP contribution in [0.4, 0.5) is 0 Å². The van der Waals surface area contributed by atoms with Crippen molar-refractivity contribution in [2.45, 2.75) is 25.3 Å². The van der Waals surface area contributed by atoms with Gasteiger partial charge in [0.25, 0.3) is 0 Å². The van der Waals surface area contributed by atoms with Crippen LogP contribution in [-0.2, 0) is 16.6 Å². The molecule has 0 saturated carbocycles. The summed E-state index contributed by atoms with van der Waals surface area (Å²) in [7, 11) is 0.350. The Bertz CT molecular complexity index is 553. The summed E-state index contributed by atoms with van der Waals surface area (Å²) in [5, 5.41) is 9.07. The molecule has 0 unspecified atom stereocenters. The van der Waals surface area contributed by atoms with Crippen molar-refractivity contribution in [2.75, 3.05) is 27.2 Å². The Morgan fingerprint density at radius 3 is 2.50 bits per heavy atom. The molecule has 0 aliphatic heterocycles. The largest absolute Gasteiger partial charge is 0.391 e. The normalized spacial score (nSPS) is 13.2. The number of aliphatic hydroxyl groups excluding tert-OH is 1. The summed E-state index contributed by atoms with van der Waals surface area (Å²) in [5.74, 6) is 0. The number of aliphatic hydroxyl groups is 1. The van der Waals surface area contributed by atoms with Crippen LogP contribution in [0.5, 0.6) is 0 Å². The van der Waals surface area contributed by atoms with E-state index in [0.717, 1.165) is 6.54 Å². The molecule has 20 heavy (non-hydrogen) atoms. The molecule has 1 rings (SSSR count). The molecule has 116 valence electrons. The summed E-state index contributed by atoms with van der Waals surface area (Å²) in [6, 6.07) is 1.50. The molecule has 0 radical (unpaired) electrons. The first kappa shape index (κ1) is 18.1. The first-order chi connectivity index (χ1) is 9.07. The number of nitrogens with zero attached hydrogens (tertiary/aromatic N) is 1. The van der Waals surface area contributed by atoms with Crippen LogP contribution >= 0.6 is 27.3 Å². The molecule has 2 N–H and O–H groups in total. The third kappa shape index (κ3) is 5.09. The van der Waals surface area contributed by atoms with Crippen LogP contribution < -0.4 is 4.72 Å². The summed E-state index contributed by atoms with van der Waals surface area (Å²) < 4.78 is 27.7. The predicted octanol–water partition coefficient (Wildman–Crippen LogP) is 1.87. The van der Waals surface area contributed by atoms with Crippen LogP contribution in [0.3, 0.4) is 0 Å². The van der Waals surface area contributed by atoms with Crippen molar-refractivity contribution in [1.29, 1.82) is 0 Å². The number of rotatable bonds is 7. The van der Waals surface area contributed by atoms with Crippen molar-refractivity contribution in [2.24, 2.45) is 5.41 Å². The van der Waals surface area contributed by atoms with Crippen LogP contribution in [0.25, 0.3) is 0 Å². The molecule has 0 aliphatic carbocycles. The summed E-state index contributed by atoms with van der Waals surface area (Å²) in [5.41, 5.74) is -0.168. The molecule has 0 aromatic carbocycles. The van der Waals surface area contributed by atoms with E-state index in [4.69, 9.17) is 5.11 Å². The van der Waals surface area contributed by atoms with E-state index in [-0.39, 0.29) is 16.9 Å². The van der Waals surface area contributed by atoms with Crippen LogP contribution in [0.15, 0.2) is 14.7 Å². The molecule has 0 bridgehead atoms. The number of halogens is 1. The van der Waals surface area contributed by atoms with Crippen molar-refractivity contribution in [3.8, 4) is 0 Å².